The highest BCUT2D eigenvalue weighted by atomic mass is 32.1. The van der Waals surface area contributed by atoms with Gasteiger partial charge in [-0.1, -0.05) is 41.7 Å². The quantitative estimate of drug-likeness (QED) is 0.746. The first-order chi connectivity index (χ1) is 13.3. The molecule has 7 nitrogen and oxygen atoms in total. The molecule has 4 rings (SSSR count). The molecule has 1 fully saturated rings. The highest BCUT2D eigenvalue weighted by Gasteiger charge is 2.25. The van der Waals surface area contributed by atoms with Gasteiger partial charge in [-0.3, -0.25) is 5.32 Å². The summed E-state index contributed by atoms with van der Waals surface area (Å²) in [6.07, 6.45) is 6.62. The van der Waals surface area contributed by atoms with E-state index in [0.717, 1.165) is 23.3 Å². The lowest BCUT2D eigenvalue weighted by Gasteiger charge is -2.31. The second-order valence-corrected chi connectivity index (χ2v) is 7.19. The van der Waals surface area contributed by atoms with Gasteiger partial charge in [0.15, 0.2) is 5.13 Å². The van der Waals surface area contributed by atoms with Gasteiger partial charge in [0.1, 0.15) is 6.10 Å². The average Bonchev–Trinajstić information content (AvgIpc) is 3.18. The molecular weight excluding hydrogens is 362 g/mol. The molecule has 1 aromatic carbocycles. The minimum Gasteiger partial charge on any atom is -0.460 e. The normalized spacial score (nSPS) is 14.7. The predicted molar refractivity (Wildman–Crippen MR) is 104 cm³/mol. The van der Waals surface area contributed by atoms with E-state index in [1.165, 1.54) is 11.3 Å². The monoisotopic (exact) mass is 381 g/mol. The Balaban J connectivity index is 1.29. The first-order valence-electron chi connectivity index (χ1n) is 8.79. The zero-order valence-corrected chi connectivity index (χ0v) is 15.4. The van der Waals surface area contributed by atoms with Crippen LogP contribution in [-0.2, 0) is 0 Å². The second kappa shape index (κ2) is 8.13. The minimum absolute atomic E-state index is 0.0287. The van der Waals surface area contributed by atoms with Crippen LogP contribution in [0.25, 0.3) is 10.4 Å². The lowest BCUT2D eigenvalue weighted by molar-refractivity contribution is 0.107. The standard InChI is InChI=1S/C19H19N5O2S/c25-19(23-18-22-13-16(27-18)14-5-2-1-3-6-14)24-11-7-15(8-12-24)26-17-20-9-4-10-21-17/h1-6,9-10,13,15H,7-8,11-12H2,(H,22,23,25). The maximum atomic E-state index is 12.5. The number of anilines is 1. The summed E-state index contributed by atoms with van der Waals surface area (Å²) in [6.45, 7) is 1.25. The van der Waals surface area contributed by atoms with Crippen LogP contribution in [0.4, 0.5) is 9.93 Å². The molecule has 2 aromatic heterocycles. The summed E-state index contributed by atoms with van der Waals surface area (Å²) >= 11 is 1.47. The number of ether oxygens (including phenoxy) is 1. The molecule has 0 spiro atoms. The van der Waals surface area contributed by atoms with Crippen LogP contribution in [0.1, 0.15) is 12.8 Å². The van der Waals surface area contributed by atoms with Crippen molar-refractivity contribution in [2.45, 2.75) is 18.9 Å². The number of nitrogens with zero attached hydrogens (tertiary/aromatic N) is 4. The molecule has 0 atom stereocenters. The van der Waals surface area contributed by atoms with Crippen LogP contribution in [-0.4, -0.2) is 45.1 Å². The lowest BCUT2D eigenvalue weighted by Crippen LogP contribution is -2.43. The van der Waals surface area contributed by atoms with Crippen LogP contribution in [0, 0.1) is 0 Å². The maximum Gasteiger partial charge on any atom is 0.323 e. The Morgan fingerprint density at radius 1 is 1.07 bits per heavy atom. The number of rotatable bonds is 4. The van der Waals surface area contributed by atoms with E-state index in [9.17, 15) is 4.79 Å². The van der Waals surface area contributed by atoms with Crippen LogP contribution in [0.2, 0.25) is 0 Å². The van der Waals surface area contributed by atoms with Crippen molar-refractivity contribution in [2.75, 3.05) is 18.4 Å². The summed E-state index contributed by atoms with van der Waals surface area (Å²) in [7, 11) is 0. The summed E-state index contributed by atoms with van der Waals surface area (Å²) in [4.78, 5) is 27.8. The summed E-state index contributed by atoms with van der Waals surface area (Å²) in [5.74, 6) is 0. The topological polar surface area (TPSA) is 80.2 Å². The number of aromatic nitrogens is 3. The Morgan fingerprint density at radius 2 is 1.81 bits per heavy atom. The Bertz CT molecular complexity index is 879. The van der Waals surface area contributed by atoms with Crippen molar-refractivity contribution in [1.29, 1.82) is 0 Å². The van der Waals surface area contributed by atoms with Gasteiger partial charge in [0, 0.05) is 44.5 Å². The Hall–Kier alpha value is -3.00. The van der Waals surface area contributed by atoms with Gasteiger partial charge in [-0.15, -0.1) is 0 Å². The van der Waals surface area contributed by atoms with Gasteiger partial charge >= 0.3 is 12.0 Å². The second-order valence-electron chi connectivity index (χ2n) is 6.16. The molecule has 0 bridgehead atoms. The lowest BCUT2D eigenvalue weighted by atomic mass is 10.1. The van der Waals surface area contributed by atoms with Crippen molar-refractivity contribution in [1.82, 2.24) is 19.9 Å². The number of hydrogen-bond acceptors (Lipinski definition) is 6. The molecule has 3 aromatic rings. The molecule has 138 valence electrons. The van der Waals surface area contributed by atoms with Crippen molar-refractivity contribution in [3.63, 3.8) is 0 Å². The first-order valence-corrected chi connectivity index (χ1v) is 9.60. The van der Waals surface area contributed by atoms with Crippen molar-refractivity contribution in [3.05, 3.63) is 55.0 Å². The first kappa shape index (κ1) is 17.4. The van der Waals surface area contributed by atoms with Gasteiger partial charge in [0.2, 0.25) is 0 Å². The number of nitrogens with one attached hydrogen (secondary N) is 1. The van der Waals surface area contributed by atoms with E-state index in [4.69, 9.17) is 4.74 Å². The molecule has 0 aliphatic carbocycles. The number of amides is 2. The Morgan fingerprint density at radius 3 is 2.56 bits per heavy atom. The number of likely N-dealkylation sites (tertiary alicyclic amines) is 1. The Kier molecular flexibility index (Phi) is 5.24. The van der Waals surface area contributed by atoms with E-state index >= 15 is 0 Å². The zero-order valence-electron chi connectivity index (χ0n) is 14.6. The number of urea groups is 1. The number of hydrogen-bond donors (Lipinski definition) is 1. The largest absolute Gasteiger partial charge is 0.460 e. The molecule has 1 saturated heterocycles. The van der Waals surface area contributed by atoms with Crippen molar-refractivity contribution < 1.29 is 9.53 Å². The smallest absolute Gasteiger partial charge is 0.323 e. The molecule has 1 aliphatic heterocycles. The summed E-state index contributed by atoms with van der Waals surface area (Å²) in [5, 5.41) is 3.50. The minimum atomic E-state index is -0.127. The highest BCUT2D eigenvalue weighted by molar-refractivity contribution is 7.19. The van der Waals surface area contributed by atoms with E-state index in [1.807, 2.05) is 30.3 Å². The van der Waals surface area contributed by atoms with Gasteiger partial charge in [0.25, 0.3) is 0 Å². The van der Waals surface area contributed by atoms with Gasteiger partial charge in [-0.05, 0) is 11.6 Å². The number of benzene rings is 1. The van der Waals surface area contributed by atoms with E-state index < -0.39 is 0 Å². The summed E-state index contributed by atoms with van der Waals surface area (Å²) in [5.41, 5.74) is 1.09. The molecular formula is C19H19N5O2S. The van der Waals surface area contributed by atoms with Crippen LogP contribution >= 0.6 is 11.3 Å². The molecule has 0 radical (unpaired) electrons. The van der Waals surface area contributed by atoms with E-state index in [2.05, 4.69) is 20.3 Å². The van der Waals surface area contributed by atoms with Gasteiger partial charge in [-0.2, -0.15) is 0 Å². The van der Waals surface area contributed by atoms with E-state index in [1.54, 1.807) is 29.6 Å². The van der Waals surface area contributed by atoms with Gasteiger partial charge in [0.05, 0.1) is 4.88 Å². The Labute approximate surface area is 161 Å². The van der Waals surface area contributed by atoms with Gasteiger partial charge in [-0.25, -0.2) is 19.7 Å². The molecule has 2 amide bonds. The fourth-order valence-corrected chi connectivity index (χ4v) is 3.72. The number of carbonyl (C=O) groups is 1. The molecule has 1 N–H and O–H groups in total. The fourth-order valence-electron chi connectivity index (χ4n) is 2.91. The predicted octanol–water partition coefficient (Wildman–Crippen LogP) is 3.68. The SMILES string of the molecule is O=C(Nc1ncc(-c2ccccc2)s1)N1CCC(Oc2ncccn2)CC1. The number of thiazole rings is 1. The van der Waals surface area contributed by atoms with E-state index in [0.29, 0.717) is 24.2 Å². The van der Waals surface area contributed by atoms with Gasteiger partial charge < -0.3 is 9.64 Å². The van der Waals surface area contributed by atoms with Crippen LogP contribution in [0.5, 0.6) is 6.01 Å². The van der Waals surface area contributed by atoms with Crippen LogP contribution in [0.3, 0.4) is 0 Å². The highest BCUT2D eigenvalue weighted by Crippen LogP contribution is 2.29. The summed E-state index contributed by atoms with van der Waals surface area (Å²) < 4.78 is 5.76. The zero-order chi connectivity index (χ0) is 18.5. The molecule has 27 heavy (non-hydrogen) atoms. The van der Waals surface area contributed by atoms with E-state index in [-0.39, 0.29) is 12.1 Å². The summed E-state index contributed by atoms with van der Waals surface area (Å²) in [6, 6.07) is 12.0. The van der Waals surface area contributed by atoms with Crippen molar-refractivity contribution in [2.24, 2.45) is 0 Å². The molecule has 3 heterocycles. The fraction of sp³-hybridized carbons (Fsp3) is 0.263. The number of carbonyl (C=O) groups excluding carboxylic acids is 1. The van der Waals surface area contributed by atoms with Crippen molar-refractivity contribution in [3.8, 4) is 16.5 Å². The molecule has 1 aliphatic rings. The van der Waals surface area contributed by atoms with Crippen molar-refractivity contribution >= 4 is 22.5 Å². The third kappa shape index (κ3) is 4.40. The average molecular weight is 381 g/mol. The third-order valence-corrected chi connectivity index (χ3v) is 5.28. The molecule has 8 heteroatoms. The maximum absolute atomic E-state index is 12.5. The third-order valence-electron chi connectivity index (χ3n) is 4.32. The number of piperidine rings is 1. The van der Waals surface area contributed by atoms with Crippen LogP contribution in [0.15, 0.2) is 55.0 Å². The van der Waals surface area contributed by atoms with Crippen LogP contribution < -0.4 is 10.1 Å². The molecule has 0 saturated carbocycles. The molecule has 0 unspecified atom stereocenters.